The van der Waals surface area contributed by atoms with Crippen molar-refractivity contribution in [3.63, 3.8) is 0 Å². The molecule has 3 rings (SSSR count). The Morgan fingerprint density at radius 3 is 2.30 bits per heavy atom. The van der Waals surface area contributed by atoms with E-state index in [0.717, 1.165) is 27.0 Å². The molecule has 2 heterocycles. The average Bonchev–Trinajstić information content (AvgIpc) is 2.72. The number of nitrogens with zero attached hydrogens (tertiary/aromatic N) is 4. The van der Waals surface area contributed by atoms with Crippen LogP contribution in [0.3, 0.4) is 0 Å². The summed E-state index contributed by atoms with van der Waals surface area (Å²) in [4.78, 5) is 4.61. The number of hydrogen-bond donors (Lipinski definition) is 0. The van der Waals surface area contributed by atoms with Gasteiger partial charge in [-0.25, -0.2) is 4.98 Å². The molecule has 0 N–H and O–H groups in total. The summed E-state index contributed by atoms with van der Waals surface area (Å²) in [6, 6.07) is 6.27. The minimum absolute atomic E-state index is 0.792. The van der Waals surface area contributed by atoms with Gasteiger partial charge in [0.05, 0.1) is 11.4 Å². The summed E-state index contributed by atoms with van der Waals surface area (Å²) in [7, 11) is 0. The second kappa shape index (κ2) is 4.66. The predicted octanol–water partition coefficient (Wildman–Crippen LogP) is 3.81. The van der Waals surface area contributed by atoms with Crippen LogP contribution in [-0.4, -0.2) is 20.0 Å². The lowest BCUT2D eigenvalue weighted by Crippen LogP contribution is -2.04. The zero-order chi connectivity index (χ0) is 14.4. The van der Waals surface area contributed by atoms with Crippen molar-refractivity contribution >= 4 is 27.1 Å². The lowest BCUT2D eigenvalue weighted by molar-refractivity contribution is 0.806. The van der Waals surface area contributed by atoms with E-state index in [4.69, 9.17) is 0 Å². The fraction of sp³-hybridized carbons (Fsp3) is 0.267. The molecular formula is C15H15BrN4. The second-order valence-corrected chi connectivity index (χ2v) is 6.00. The van der Waals surface area contributed by atoms with E-state index in [0.29, 0.717) is 0 Å². The Hall–Kier alpha value is -1.75. The third kappa shape index (κ3) is 2.02. The molecule has 0 unspecified atom stereocenters. The van der Waals surface area contributed by atoms with Crippen LogP contribution >= 0.6 is 15.9 Å². The van der Waals surface area contributed by atoms with E-state index in [-0.39, 0.29) is 0 Å². The van der Waals surface area contributed by atoms with Gasteiger partial charge in [-0.05, 0) is 60.8 Å². The molecule has 20 heavy (non-hydrogen) atoms. The lowest BCUT2D eigenvalue weighted by Gasteiger charge is -2.11. The molecule has 0 bridgehead atoms. The van der Waals surface area contributed by atoms with E-state index in [2.05, 4.69) is 64.1 Å². The molecular weight excluding hydrogens is 316 g/mol. The molecule has 102 valence electrons. The van der Waals surface area contributed by atoms with E-state index < -0.39 is 0 Å². The van der Waals surface area contributed by atoms with E-state index in [1.807, 2.05) is 17.7 Å². The second-order valence-electron chi connectivity index (χ2n) is 5.15. The molecule has 5 heteroatoms. The van der Waals surface area contributed by atoms with Crippen molar-refractivity contribution < 1.29 is 0 Å². The van der Waals surface area contributed by atoms with Gasteiger partial charge >= 0.3 is 0 Å². The highest BCUT2D eigenvalue weighted by Gasteiger charge is 2.14. The number of rotatable bonds is 1. The van der Waals surface area contributed by atoms with Crippen LogP contribution in [0, 0.1) is 27.7 Å². The number of aromatic nitrogens is 4. The Kier molecular flexibility index (Phi) is 3.09. The van der Waals surface area contributed by atoms with Crippen molar-refractivity contribution in [1.29, 1.82) is 0 Å². The number of halogens is 1. The third-order valence-electron chi connectivity index (χ3n) is 3.40. The van der Waals surface area contributed by atoms with E-state index in [1.165, 1.54) is 16.7 Å². The first-order valence-corrected chi connectivity index (χ1v) is 7.23. The van der Waals surface area contributed by atoms with Gasteiger partial charge in [-0.2, -0.15) is 4.68 Å². The summed E-state index contributed by atoms with van der Waals surface area (Å²) < 4.78 is 2.79. The Labute approximate surface area is 126 Å². The summed E-state index contributed by atoms with van der Waals surface area (Å²) in [6.07, 6.45) is 0. The molecule has 3 aromatic rings. The zero-order valence-electron chi connectivity index (χ0n) is 11.9. The Morgan fingerprint density at radius 2 is 1.65 bits per heavy atom. The van der Waals surface area contributed by atoms with Crippen LogP contribution in [0.2, 0.25) is 0 Å². The van der Waals surface area contributed by atoms with Crippen LogP contribution in [-0.2, 0) is 0 Å². The smallest absolute Gasteiger partial charge is 0.183 e. The molecule has 0 aliphatic rings. The van der Waals surface area contributed by atoms with Gasteiger partial charge in [0, 0.05) is 4.47 Å². The van der Waals surface area contributed by atoms with Gasteiger partial charge in [-0.15, -0.1) is 5.10 Å². The molecule has 1 aromatic carbocycles. The van der Waals surface area contributed by atoms with Crippen LogP contribution < -0.4 is 0 Å². The maximum Gasteiger partial charge on any atom is 0.183 e. The number of pyridine rings is 1. The first-order valence-electron chi connectivity index (χ1n) is 6.44. The molecule has 0 aliphatic heterocycles. The third-order valence-corrected chi connectivity index (χ3v) is 4.20. The summed E-state index contributed by atoms with van der Waals surface area (Å²) in [6.45, 7) is 8.25. The highest BCUT2D eigenvalue weighted by atomic mass is 79.9. The van der Waals surface area contributed by atoms with Gasteiger partial charge in [0.1, 0.15) is 5.52 Å². The minimum atomic E-state index is 0.792. The number of fused-ring (bicyclic) bond motifs is 1. The van der Waals surface area contributed by atoms with Gasteiger partial charge in [0.15, 0.2) is 5.65 Å². The van der Waals surface area contributed by atoms with Crippen molar-refractivity contribution in [1.82, 2.24) is 20.0 Å². The minimum Gasteiger partial charge on any atom is -0.231 e. The molecule has 2 aromatic heterocycles. The topological polar surface area (TPSA) is 43.6 Å². The lowest BCUT2D eigenvalue weighted by atomic mass is 10.1. The van der Waals surface area contributed by atoms with Crippen LogP contribution in [0.1, 0.15) is 22.4 Å². The molecule has 0 atom stereocenters. The van der Waals surface area contributed by atoms with E-state index >= 15 is 0 Å². The maximum atomic E-state index is 4.61. The Morgan fingerprint density at radius 1 is 1.00 bits per heavy atom. The fourth-order valence-corrected chi connectivity index (χ4v) is 2.89. The summed E-state index contributed by atoms with van der Waals surface area (Å²) in [5, 5.41) is 8.50. The predicted molar refractivity (Wildman–Crippen MR) is 83.3 cm³/mol. The molecule has 0 amide bonds. The van der Waals surface area contributed by atoms with Crippen molar-refractivity contribution in [2.45, 2.75) is 27.7 Å². The van der Waals surface area contributed by atoms with E-state index in [1.54, 1.807) is 0 Å². The maximum absolute atomic E-state index is 4.61. The van der Waals surface area contributed by atoms with Crippen LogP contribution in [0.4, 0.5) is 0 Å². The van der Waals surface area contributed by atoms with Gasteiger partial charge in [-0.1, -0.05) is 22.9 Å². The van der Waals surface area contributed by atoms with Crippen molar-refractivity contribution in [2.75, 3.05) is 0 Å². The quantitative estimate of drug-likeness (QED) is 0.681. The Bertz CT molecular complexity index is 797. The van der Waals surface area contributed by atoms with Crippen molar-refractivity contribution in [3.8, 4) is 5.69 Å². The first kappa shape index (κ1) is 13.2. The van der Waals surface area contributed by atoms with Crippen molar-refractivity contribution in [2.24, 2.45) is 0 Å². The highest BCUT2D eigenvalue weighted by molar-refractivity contribution is 9.10. The molecule has 0 saturated carbocycles. The molecule has 0 saturated heterocycles. The standard InChI is InChI=1S/C15H15BrN4/c1-8-5-9(2)14(10(3)6-8)20-15-13(18-19-20)7-12(16)11(4)17-15/h5-7H,1-4H3. The largest absolute Gasteiger partial charge is 0.231 e. The number of hydrogen-bond acceptors (Lipinski definition) is 3. The fourth-order valence-electron chi connectivity index (χ4n) is 2.58. The average molecular weight is 331 g/mol. The summed E-state index contributed by atoms with van der Waals surface area (Å²) in [5.41, 5.74) is 7.19. The normalized spacial score (nSPS) is 11.2. The SMILES string of the molecule is Cc1cc(C)c(-n2nnc3cc(Br)c(C)nc32)c(C)c1. The van der Waals surface area contributed by atoms with Gasteiger partial charge in [-0.3, -0.25) is 0 Å². The number of aryl methyl sites for hydroxylation is 4. The van der Waals surface area contributed by atoms with Gasteiger partial charge in [0.2, 0.25) is 0 Å². The Balaban J connectivity index is 2.33. The van der Waals surface area contributed by atoms with Gasteiger partial charge < -0.3 is 0 Å². The highest BCUT2D eigenvalue weighted by Crippen LogP contribution is 2.25. The molecule has 0 fully saturated rings. The molecule has 0 aliphatic carbocycles. The summed E-state index contributed by atoms with van der Waals surface area (Å²) >= 11 is 3.48. The monoisotopic (exact) mass is 330 g/mol. The first-order chi connectivity index (χ1) is 9.47. The van der Waals surface area contributed by atoms with Crippen LogP contribution in [0.5, 0.6) is 0 Å². The molecule has 0 radical (unpaired) electrons. The molecule has 4 nitrogen and oxygen atoms in total. The van der Waals surface area contributed by atoms with Crippen molar-refractivity contribution in [3.05, 3.63) is 45.1 Å². The zero-order valence-corrected chi connectivity index (χ0v) is 13.5. The van der Waals surface area contributed by atoms with Crippen LogP contribution in [0.25, 0.3) is 16.9 Å². The molecule has 0 spiro atoms. The number of benzene rings is 1. The van der Waals surface area contributed by atoms with Gasteiger partial charge in [0.25, 0.3) is 0 Å². The summed E-state index contributed by atoms with van der Waals surface area (Å²) in [5.74, 6) is 0. The van der Waals surface area contributed by atoms with E-state index in [9.17, 15) is 0 Å². The van der Waals surface area contributed by atoms with Crippen LogP contribution in [0.15, 0.2) is 22.7 Å².